The molecule has 0 rings (SSSR count). The number of carbonyl (C=O) groups excluding carboxylic acids is 2. The van der Waals surface area contributed by atoms with Crippen molar-refractivity contribution in [1.29, 1.82) is 0 Å². The fourth-order valence-corrected chi connectivity index (χ4v) is 8.90. The first-order valence-corrected chi connectivity index (χ1v) is 29.3. The Morgan fingerprint density at radius 3 is 1.18 bits per heavy atom. The normalized spacial score (nSPS) is 12.8. The van der Waals surface area contributed by atoms with Crippen LogP contribution in [0, 0.1) is 0 Å². The number of rotatable bonds is 54. The number of hydrogen-bond donors (Lipinski definition) is 3. The average molecular weight is 929 g/mol. The first-order valence-electron chi connectivity index (χ1n) is 29.3. The number of hydrogen-bond acceptors (Lipinski definition) is 5. The number of esters is 1. The highest BCUT2D eigenvalue weighted by Gasteiger charge is 2.18. The maximum atomic E-state index is 12.4. The Hall–Kier alpha value is -1.92. The molecule has 0 aromatic rings. The zero-order valence-corrected chi connectivity index (χ0v) is 44.2. The molecule has 0 heterocycles. The van der Waals surface area contributed by atoms with Crippen LogP contribution in [0.3, 0.4) is 0 Å². The molecule has 0 aromatic heterocycles. The molecule has 0 saturated heterocycles. The molecule has 0 aliphatic carbocycles. The van der Waals surface area contributed by atoms with Crippen molar-refractivity contribution in [1.82, 2.24) is 5.32 Å². The van der Waals surface area contributed by atoms with Crippen LogP contribution < -0.4 is 5.32 Å². The molecule has 0 saturated carbocycles. The molecule has 0 fully saturated rings. The molecular weight excluding hydrogens is 815 g/mol. The molecular formula is C60H113NO5. The van der Waals surface area contributed by atoms with E-state index in [9.17, 15) is 19.8 Å². The van der Waals surface area contributed by atoms with Crippen molar-refractivity contribution in [2.45, 2.75) is 321 Å². The van der Waals surface area contributed by atoms with Gasteiger partial charge in [-0.25, -0.2) is 0 Å². The number of amides is 1. The Bertz CT molecular complexity index is 1070. The zero-order chi connectivity index (χ0) is 47.9. The molecule has 0 aliphatic rings. The van der Waals surface area contributed by atoms with E-state index in [0.717, 1.165) is 51.4 Å². The third kappa shape index (κ3) is 51.5. The monoisotopic (exact) mass is 928 g/mol. The quantitative estimate of drug-likeness (QED) is 0.0321. The van der Waals surface area contributed by atoms with Gasteiger partial charge in [0.1, 0.15) is 0 Å². The summed E-state index contributed by atoms with van der Waals surface area (Å²) in [4.78, 5) is 24.5. The summed E-state index contributed by atoms with van der Waals surface area (Å²) in [5.74, 6) is -0.0729. The Labute approximate surface area is 411 Å². The third-order valence-corrected chi connectivity index (χ3v) is 13.4. The van der Waals surface area contributed by atoms with Crippen LogP contribution in [-0.4, -0.2) is 47.4 Å². The van der Waals surface area contributed by atoms with E-state index in [2.05, 4.69) is 43.5 Å². The van der Waals surface area contributed by atoms with Gasteiger partial charge in [-0.15, -0.1) is 0 Å². The third-order valence-electron chi connectivity index (χ3n) is 13.4. The molecule has 388 valence electrons. The minimum Gasteiger partial charge on any atom is -0.466 e. The van der Waals surface area contributed by atoms with Crippen molar-refractivity contribution >= 4 is 11.9 Å². The molecule has 0 bridgehead atoms. The predicted octanol–water partition coefficient (Wildman–Crippen LogP) is 18.0. The van der Waals surface area contributed by atoms with E-state index in [1.165, 1.54) is 231 Å². The maximum Gasteiger partial charge on any atom is 0.305 e. The first-order chi connectivity index (χ1) is 32.5. The molecule has 0 aliphatic heterocycles. The molecule has 2 atom stereocenters. The fourth-order valence-electron chi connectivity index (χ4n) is 8.90. The second-order valence-corrected chi connectivity index (χ2v) is 20.0. The van der Waals surface area contributed by atoms with Crippen LogP contribution in [0.15, 0.2) is 36.5 Å². The highest BCUT2D eigenvalue weighted by Crippen LogP contribution is 2.17. The Morgan fingerprint density at radius 2 is 0.758 bits per heavy atom. The van der Waals surface area contributed by atoms with Crippen LogP contribution in [0.5, 0.6) is 0 Å². The Balaban J connectivity index is 3.42. The number of ether oxygens (including phenoxy) is 1. The molecule has 0 aromatic carbocycles. The summed E-state index contributed by atoms with van der Waals surface area (Å²) in [6.07, 6.45) is 68.8. The summed E-state index contributed by atoms with van der Waals surface area (Å²) < 4.78 is 5.49. The highest BCUT2D eigenvalue weighted by molar-refractivity contribution is 5.76. The van der Waals surface area contributed by atoms with Crippen LogP contribution in [0.2, 0.25) is 0 Å². The van der Waals surface area contributed by atoms with Gasteiger partial charge in [0, 0.05) is 12.8 Å². The fraction of sp³-hybridized carbons (Fsp3) is 0.867. The Kier molecular flexibility index (Phi) is 54.1. The van der Waals surface area contributed by atoms with E-state index in [1.54, 1.807) is 6.08 Å². The lowest BCUT2D eigenvalue weighted by molar-refractivity contribution is -0.143. The van der Waals surface area contributed by atoms with Gasteiger partial charge in [0.2, 0.25) is 5.91 Å². The van der Waals surface area contributed by atoms with Gasteiger partial charge in [0.05, 0.1) is 25.4 Å². The maximum absolute atomic E-state index is 12.4. The molecule has 0 spiro atoms. The molecule has 0 radical (unpaired) electrons. The number of aliphatic hydroxyl groups is 2. The van der Waals surface area contributed by atoms with E-state index >= 15 is 0 Å². The molecule has 6 heteroatoms. The summed E-state index contributed by atoms with van der Waals surface area (Å²) in [5.41, 5.74) is 0. The topological polar surface area (TPSA) is 95.9 Å². The van der Waals surface area contributed by atoms with Crippen molar-refractivity contribution in [2.24, 2.45) is 0 Å². The van der Waals surface area contributed by atoms with Gasteiger partial charge in [-0.3, -0.25) is 9.59 Å². The number of nitrogens with one attached hydrogen (secondary N) is 1. The highest BCUT2D eigenvalue weighted by atomic mass is 16.5. The first kappa shape index (κ1) is 64.1. The van der Waals surface area contributed by atoms with Gasteiger partial charge in [0.25, 0.3) is 0 Å². The van der Waals surface area contributed by atoms with Crippen LogP contribution >= 0.6 is 0 Å². The molecule has 1 amide bonds. The number of carbonyl (C=O) groups is 2. The number of allylic oxidation sites excluding steroid dienone is 5. The SMILES string of the molecule is CCCCC/C=C\C/C=C\CCCCCCCCCCCC(=O)OCCCCCCCCCCCCCCCCCCCC(=O)NC(CO)C(O)/C=C/CCCCCCCCCCCCC. The van der Waals surface area contributed by atoms with E-state index in [-0.39, 0.29) is 18.5 Å². The van der Waals surface area contributed by atoms with E-state index in [1.807, 2.05) is 6.08 Å². The molecule has 6 nitrogen and oxygen atoms in total. The van der Waals surface area contributed by atoms with Crippen molar-refractivity contribution < 1.29 is 24.5 Å². The summed E-state index contributed by atoms with van der Waals surface area (Å²) in [6.45, 7) is 4.87. The van der Waals surface area contributed by atoms with Gasteiger partial charge in [-0.05, 0) is 64.2 Å². The summed E-state index contributed by atoms with van der Waals surface area (Å²) in [5, 5.41) is 23.1. The van der Waals surface area contributed by atoms with Gasteiger partial charge in [-0.1, -0.05) is 269 Å². The van der Waals surface area contributed by atoms with Gasteiger partial charge in [-0.2, -0.15) is 0 Å². The lowest BCUT2D eigenvalue weighted by Crippen LogP contribution is -2.45. The predicted molar refractivity (Wildman–Crippen MR) is 287 cm³/mol. The average Bonchev–Trinajstić information content (AvgIpc) is 3.32. The summed E-state index contributed by atoms with van der Waals surface area (Å²) in [7, 11) is 0. The Morgan fingerprint density at radius 1 is 0.424 bits per heavy atom. The van der Waals surface area contributed by atoms with Gasteiger partial charge >= 0.3 is 5.97 Å². The van der Waals surface area contributed by atoms with E-state index < -0.39 is 12.1 Å². The summed E-state index contributed by atoms with van der Waals surface area (Å²) >= 11 is 0. The van der Waals surface area contributed by atoms with Crippen molar-refractivity contribution in [3.63, 3.8) is 0 Å². The van der Waals surface area contributed by atoms with Crippen molar-refractivity contribution in [2.75, 3.05) is 13.2 Å². The second kappa shape index (κ2) is 55.7. The van der Waals surface area contributed by atoms with Gasteiger partial charge < -0.3 is 20.3 Å². The minimum absolute atomic E-state index is 0.000512. The molecule has 66 heavy (non-hydrogen) atoms. The molecule has 2 unspecified atom stereocenters. The molecule has 3 N–H and O–H groups in total. The van der Waals surface area contributed by atoms with Crippen LogP contribution in [0.4, 0.5) is 0 Å². The van der Waals surface area contributed by atoms with Crippen molar-refractivity contribution in [3.05, 3.63) is 36.5 Å². The van der Waals surface area contributed by atoms with E-state index in [4.69, 9.17) is 4.74 Å². The smallest absolute Gasteiger partial charge is 0.305 e. The second-order valence-electron chi connectivity index (χ2n) is 20.0. The number of aliphatic hydroxyl groups excluding tert-OH is 2. The van der Waals surface area contributed by atoms with Crippen LogP contribution in [0.1, 0.15) is 309 Å². The minimum atomic E-state index is -0.848. The van der Waals surface area contributed by atoms with Gasteiger partial charge in [0.15, 0.2) is 0 Å². The van der Waals surface area contributed by atoms with Crippen molar-refractivity contribution in [3.8, 4) is 0 Å². The van der Waals surface area contributed by atoms with Crippen LogP contribution in [0.25, 0.3) is 0 Å². The lowest BCUT2D eigenvalue weighted by Gasteiger charge is -2.20. The van der Waals surface area contributed by atoms with Crippen LogP contribution in [-0.2, 0) is 14.3 Å². The largest absolute Gasteiger partial charge is 0.466 e. The standard InChI is InChI=1S/C60H113NO5/c1-3-5-7-9-11-13-15-17-18-19-20-23-26-30-34-38-42-46-50-54-60(65)66-55-51-47-43-39-35-31-27-24-21-22-25-29-33-37-41-45-49-53-59(64)61-57(56-62)58(63)52-48-44-40-36-32-28-16-14-12-10-8-6-4-2/h11,13,17-18,48,52,57-58,62-63H,3-10,12,14-16,19-47,49-51,53-56H2,1-2H3,(H,61,64)/b13-11-,18-17-,52-48+. The van der Waals surface area contributed by atoms with E-state index in [0.29, 0.717) is 19.4 Å². The number of unbranched alkanes of at least 4 members (excludes halogenated alkanes) is 39. The zero-order valence-electron chi connectivity index (χ0n) is 44.2. The lowest BCUT2D eigenvalue weighted by atomic mass is 10.0. The summed E-state index contributed by atoms with van der Waals surface area (Å²) in [6, 6.07) is -0.631.